The molecule has 1 aliphatic rings. The molecule has 0 aromatic heterocycles. The normalized spacial score (nSPS) is 20.5. The molecule has 6 heteroatoms. The lowest BCUT2D eigenvalue weighted by Crippen LogP contribution is -2.47. The van der Waals surface area contributed by atoms with Crippen LogP contribution in [0.1, 0.15) is 37.3 Å². The molecule has 1 unspecified atom stereocenters. The second-order valence-electron chi connectivity index (χ2n) is 5.09. The molecule has 0 radical (unpaired) electrons. The Labute approximate surface area is 120 Å². The molecule has 1 heterocycles. The standard InChI is InChI=1S/C14H19N3O2S/c1-12-4-2-3-9-17(12)20(18,19)16-11-14-7-5-13(10-15)6-8-14/h5-8,12,16H,2-4,9,11H2,1H3. The Kier molecular flexibility index (Phi) is 4.76. The van der Waals surface area contributed by atoms with Gasteiger partial charge in [0.25, 0.3) is 10.2 Å². The van der Waals surface area contributed by atoms with Crippen LogP contribution < -0.4 is 4.72 Å². The van der Waals surface area contributed by atoms with Crippen LogP contribution in [0.25, 0.3) is 0 Å². The molecule has 1 atom stereocenters. The summed E-state index contributed by atoms with van der Waals surface area (Å²) in [6.45, 7) is 2.78. The molecule has 1 fully saturated rings. The Morgan fingerprint density at radius 2 is 2.05 bits per heavy atom. The fourth-order valence-corrected chi connectivity index (χ4v) is 3.85. The second-order valence-corrected chi connectivity index (χ2v) is 6.80. The van der Waals surface area contributed by atoms with E-state index < -0.39 is 10.2 Å². The van der Waals surface area contributed by atoms with E-state index in [1.165, 1.54) is 0 Å². The molecule has 2 rings (SSSR count). The van der Waals surface area contributed by atoms with Gasteiger partial charge in [-0.05, 0) is 37.5 Å². The van der Waals surface area contributed by atoms with Gasteiger partial charge in [-0.1, -0.05) is 18.6 Å². The molecular weight excluding hydrogens is 274 g/mol. The fraction of sp³-hybridized carbons (Fsp3) is 0.500. The predicted octanol–water partition coefficient (Wildman–Crippen LogP) is 1.77. The molecule has 0 spiro atoms. The number of rotatable bonds is 4. The topological polar surface area (TPSA) is 73.2 Å². The minimum absolute atomic E-state index is 0.0576. The van der Waals surface area contributed by atoms with Crippen molar-refractivity contribution < 1.29 is 8.42 Å². The molecule has 1 saturated heterocycles. The van der Waals surface area contributed by atoms with E-state index in [-0.39, 0.29) is 12.6 Å². The summed E-state index contributed by atoms with van der Waals surface area (Å²) in [5.41, 5.74) is 1.42. The van der Waals surface area contributed by atoms with Gasteiger partial charge >= 0.3 is 0 Å². The third kappa shape index (κ3) is 3.57. The zero-order valence-corrected chi connectivity index (χ0v) is 12.4. The maximum absolute atomic E-state index is 12.3. The van der Waals surface area contributed by atoms with Crippen LogP contribution in [0.2, 0.25) is 0 Å². The van der Waals surface area contributed by atoms with E-state index in [9.17, 15) is 8.42 Å². The molecule has 1 N–H and O–H groups in total. The van der Waals surface area contributed by atoms with Gasteiger partial charge in [0.1, 0.15) is 0 Å². The molecule has 5 nitrogen and oxygen atoms in total. The van der Waals surface area contributed by atoms with Gasteiger partial charge in [0, 0.05) is 19.1 Å². The predicted molar refractivity (Wildman–Crippen MR) is 76.9 cm³/mol. The SMILES string of the molecule is CC1CCCCN1S(=O)(=O)NCc1ccc(C#N)cc1. The van der Waals surface area contributed by atoms with Gasteiger partial charge < -0.3 is 0 Å². The maximum Gasteiger partial charge on any atom is 0.279 e. The first-order valence-corrected chi connectivity index (χ1v) is 8.22. The van der Waals surface area contributed by atoms with Crippen LogP contribution in [0.5, 0.6) is 0 Å². The molecule has 1 aromatic rings. The van der Waals surface area contributed by atoms with Crippen LogP contribution in [0.15, 0.2) is 24.3 Å². The Morgan fingerprint density at radius 3 is 2.65 bits per heavy atom. The fourth-order valence-electron chi connectivity index (χ4n) is 2.38. The number of benzene rings is 1. The smallest absolute Gasteiger partial charge is 0.198 e. The van der Waals surface area contributed by atoms with Gasteiger partial charge in [-0.3, -0.25) is 0 Å². The largest absolute Gasteiger partial charge is 0.279 e. The highest BCUT2D eigenvalue weighted by atomic mass is 32.2. The maximum atomic E-state index is 12.3. The number of nitrogens with zero attached hydrogens (tertiary/aromatic N) is 2. The van der Waals surface area contributed by atoms with E-state index in [1.54, 1.807) is 28.6 Å². The lowest BCUT2D eigenvalue weighted by Gasteiger charge is -2.32. The van der Waals surface area contributed by atoms with Crippen LogP contribution in [-0.4, -0.2) is 25.3 Å². The van der Waals surface area contributed by atoms with E-state index in [2.05, 4.69) is 4.72 Å². The van der Waals surface area contributed by atoms with Crippen LogP contribution in [0, 0.1) is 11.3 Å². The summed E-state index contributed by atoms with van der Waals surface area (Å²) in [7, 11) is -3.43. The van der Waals surface area contributed by atoms with Crippen molar-refractivity contribution in [2.24, 2.45) is 0 Å². The molecule has 1 aromatic carbocycles. The number of hydrogen-bond donors (Lipinski definition) is 1. The minimum atomic E-state index is -3.43. The quantitative estimate of drug-likeness (QED) is 0.919. The first-order chi connectivity index (χ1) is 9.53. The van der Waals surface area contributed by atoms with Crippen molar-refractivity contribution in [2.45, 2.75) is 38.8 Å². The van der Waals surface area contributed by atoms with Gasteiger partial charge in [0.2, 0.25) is 0 Å². The molecule has 108 valence electrons. The summed E-state index contributed by atoms with van der Waals surface area (Å²) in [6.07, 6.45) is 2.92. The third-order valence-corrected chi connectivity index (χ3v) is 5.26. The van der Waals surface area contributed by atoms with Crippen LogP contribution in [-0.2, 0) is 16.8 Å². The summed E-state index contributed by atoms with van der Waals surface area (Å²) in [5, 5.41) is 8.72. The molecule has 0 saturated carbocycles. The van der Waals surface area contributed by atoms with Gasteiger partial charge in [0.05, 0.1) is 11.6 Å². The van der Waals surface area contributed by atoms with Crippen LogP contribution in [0.3, 0.4) is 0 Å². The van der Waals surface area contributed by atoms with Crippen molar-refractivity contribution in [2.75, 3.05) is 6.54 Å². The first kappa shape index (κ1) is 15.0. The lowest BCUT2D eigenvalue weighted by molar-refractivity contribution is 0.265. The average molecular weight is 293 g/mol. The van der Waals surface area contributed by atoms with Crippen molar-refractivity contribution >= 4 is 10.2 Å². The van der Waals surface area contributed by atoms with Crippen molar-refractivity contribution in [3.05, 3.63) is 35.4 Å². The summed E-state index contributed by atoms with van der Waals surface area (Å²) >= 11 is 0. The highest BCUT2D eigenvalue weighted by molar-refractivity contribution is 7.87. The highest BCUT2D eigenvalue weighted by Crippen LogP contribution is 2.19. The van der Waals surface area contributed by atoms with Crippen LogP contribution >= 0.6 is 0 Å². The number of nitrogens with one attached hydrogen (secondary N) is 1. The molecule has 0 amide bonds. The van der Waals surface area contributed by atoms with E-state index in [0.717, 1.165) is 24.8 Å². The zero-order chi connectivity index (χ0) is 14.6. The highest BCUT2D eigenvalue weighted by Gasteiger charge is 2.28. The number of nitriles is 1. The van der Waals surface area contributed by atoms with Crippen molar-refractivity contribution in [3.8, 4) is 6.07 Å². The summed E-state index contributed by atoms with van der Waals surface area (Å²) < 4.78 is 28.7. The van der Waals surface area contributed by atoms with Gasteiger partial charge in [-0.15, -0.1) is 0 Å². The van der Waals surface area contributed by atoms with E-state index in [0.29, 0.717) is 12.1 Å². The average Bonchev–Trinajstić information content (AvgIpc) is 2.46. The molecule has 0 aliphatic carbocycles. The Bertz CT molecular complexity index is 590. The van der Waals surface area contributed by atoms with E-state index in [1.807, 2.05) is 13.0 Å². The first-order valence-electron chi connectivity index (χ1n) is 6.78. The molecule has 20 heavy (non-hydrogen) atoms. The number of hydrogen-bond acceptors (Lipinski definition) is 3. The summed E-state index contributed by atoms with van der Waals surface area (Å²) in [4.78, 5) is 0. The molecule has 1 aliphatic heterocycles. The molecular formula is C14H19N3O2S. The van der Waals surface area contributed by atoms with Crippen molar-refractivity contribution in [3.63, 3.8) is 0 Å². The van der Waals surface area contributed by atoms with Crippen LogP contribution in [0.4, 0.5) is 0 Å². The Hall–Kier alpha value is -1.42. The van der Waals surface area contributed by atoms with Crippen molar-refractivity contribution in [1.82, 2.24) is 9.03 Å². The van der Waals surface area contributed by atoms with Crippen molar-refractivity contribution in [1.29, 1.82) is 5.26 Å². The van der Waals surface area contributed by atoms with Gasteiger partial charge in [-0.25, -0.2) is 0 Å². The van der Waals surface area contributed by atoms with E-state index in [4.69, 9.17) is 5.26 Å². The summed E-state index contributed by atoms with van der Waals surface area (Å²) in [6, 6.07) is 9.00. The van der Waals surface area contributed by atoms with Gasteiger partial charge in [-0.2, -0.15) is 22.7 Å². The molecule has 0 bridgehead atoms. The van der Waals surface area contributed by atoms with E-state index >= 15 is 0 Å². The Morgan fingerprint density at radius 1 is 1.35 bits per heavy atom. The monoisotopic (exact) mass is 293 g/mol. The lowest BCUT2D eigenvalue weighted by atomic mass is 10.1. The summed E-state index contributed by atoms with van der Waals surface area (Å²) in [5.74, 6) is 0. The number of piperidine rings is 1. The minimum Gasteiger partial charge on any atom is -0.198 e. The van der Waals surface area contributed by atoms with Gasteiger partial charge in [0.15, 0.2) is 0 Å². The zero-order valence-electron chi connectivity index (χ0n) is 11.5. The third-order valence-electron chi connectivity index (χ3n) is 3.59. The Balaban J connectivity index is 1.99. The second kappa shape index (κ2) is 6.35.